The van der Waals surface area contributed by atoms with Gasteiger partial charge in [0.05, 0.1) is 0 Å². The van der Waals surface area contributed by atoms with Crippen LogP contribution in [-0.4, -0.2) is 0 Å². The average molecular weight is 921 g/mol. The Kier molecular flexibility index (Phi) is 12.2. The first-order chi connectivity index (χ1) is 35.7. The molecule has 0 radical (unpaired) electrons. The summed E-state index contributed by atoms with van der Waals surface area (Å²) in [6.45, 7) is 0. The largest absolute Gasteiger partial charge is 0.314 e. The summed E-state index contributed by atoms with van der Waals surface area (Å²) in [6, 6.07) is 96.4. The number of fused-ring (bicyclic) bond motifs is 2. The molecule has 12 rings (SSSR count). The number of nitrogens with zero attached hydrogens (tertiary/aromatic N) is 2. The number of allylic oxidation sites excluding steroid dienone is 4. The number of benzene rings is 11. The number of hydrogen-bond acceptors (Lipinski definition) is 2. The minimum absolute atomic E-state index is 0.946. The molecule has 11 aromatic carbocycles. The molecule has 0 atom stereocenters. The standard InChI is InChI=1S/C70H52N2/c1-3-17-61(18-4-1)71(65-47-39-59(40-48-65)69-23-11-15-57-13-7-9-21-67(57)69)63-43-35-55(36-44-63)53-31-27-51(28-32-53)25-26-52-29-33-54(34-30-52)56-37-45-64(46-38-56)72(62-19-5-2-6-20-62)66-49-41-60(42-50-66)70-24-12-16-58-14-8-10-22-68(58)70/h1-37,39-45,47-50H,38,46H2/b26-25+. The van der Waals surface area contributed by atoms with Crippen molar-refractivity contribution < 1.29 is 0 Å². The topological polar surface area (TPSA) is 6.48 Å². The molecule has 72 heavy (non-hydrogen) atoms. The lowest BCUT2D eigenvalue weighted by Crippen LogP contribution is -2.17. The summed E-state index contributed by atoms with van der Waals surface area (Å²) in [4.78, 5) is 4.73. The van der Waals surface area contributed by atoms with Gasteiger partial charge in [0.2, 0.25) is 0 Å². The third-order valence-electron chi connectivity index (χ3n) is 14.0. The summed E-state index contributed by atoms with van der Waals surface area (Å²) in [6.07, 6.45) is 10.9. The molecule has 11 aromatic rings. The van der Waals surface area contributed by atoms with Crippen LogP contribution >= 0.6 is 0 Å². The Morgan fingerprint density at radius 2 is 0.639 bits per heavy atom. The van der Waals surface area contributed by atoms with Crippen molar-refractivity contribution in [2.24, 2.45) is 0 Å². The summed E-state index contributed by atoms with van der Waals surface area (Å²) in [5, 5.41) is 5.05. The summed E-state index contributed by atoms with van der Waals surface area (Å²) in [5.74, 6) is 0. The lowest BCUT2D eigenvalue weighted by molar-refractivity contribution is 0.930. The van der Waals surface area contributed by atoms with Crippen LogP contribution in [0.4, 0.5) is 28.4 Å². The monoisotopic (exact) mass is 920 g/mol. The Morgan fingerprint density at radius 3 is 1.11 bits per heavy atom. The minimum atomic E-state index is 0.946. The summed E-state index contributed by atoms with van der Waals surface area (Å²) < 4.78 is 0. The minimum Gasteiger partial charge on any atom is -0.314 e. The Balaban J connectivity index is 0.719. The maximum atomic E-state index is 2.41. The van der Waals surface area contributed by atoms with E-state index < -0.39 is 0 Å². The van der Waals surface area contributed by atoms with E-state index in [1.54, 1.807) is 0 Å². The van der Waals surface area contributed by atoms with Gasteiger partial charge in [-0.25, -0.2) is 0 Å². The van der Waals surface area contributed by atoms with Gasteiger partial charge in [0.25, 0.3) is 0 Å². The molecular formula is C70H52N2. The lowest BCUT2D eigenvalue weighted by Gasteiger charge is -2.30. The zero-order valence-corrected chi connectivity index (χ0v) is 40.0. The van der Waals surface area contributed by atoms with Crippen LogP contribution < -0.4 is 9.80 Å². The Morgan fingerprint density at radius 1 is 0.264 bits per heavy atom. The fourth-order valence-electron chi connectivity index (χ4n) is 10.3. The zero-order chi connectivity index (χ0) is 48.1. The molecule has 0 unspecified atom stereocenters. The van der Waals surface area contributed by atoms with Crippen LogP contribution in [0.25, 0.3) is 72.7 Å². The fraction of sp³-hybridized carbons (Fsp3) is 0.0286. The van der Waals surface area contributed by atoms with Crippen molar-refractivity contribution in [1.29, 1.82) is 0 Å². The molecule has 0 saturated heterocycles. The lowest BCUT2D eigenvalue weighted by atomic mass is 9.94. The SMILES string of the molecule is C1=C(c2ccc(/C=C/c3ccc(-c4ccc(N(c5ccccc5)c5ccc(-c6cccc7ccccc67)cc5)cc4)cc3)cc2)CCC(N(c2ccccc2)c2ccc(-c3cccc4ccccc34)cc2)=C1. The molecule has 0 spiro atoms. The average Bonchev–Trinajstić information content (AvgIpc) is 3.46. The Labute approximate surface area is 423 Å². The first kappa shape index (κ1) is 44.0. The van der Waals surface area contributed by atoms with Gasteiger partial charge in [-0.1, -0.05) is 224 Å². The first-order valence-corrected chi connectivity index (χ1v) is 24.9. The molecular weight excluding hydrogens is 869 g/mol. The van der Waals surface area contributed by atoms with E-state index in [1.807, 2.05) is 0 Å². The van der Waals surface area contributed by atoms with Crippen LogP contribution in [0.1, 0.15) is 29.5 Å². The van der Waals surface area contributed by atoms with E-state index in [0.717, 1.165) is 35.6 Å². The van der Waals surface area contributed by atoms with Gasteiger partial charge in [-0.15, -0.1) is 0 Å². The molecule has 2 nitrogen and oxygen atoms in total. The van der Waals surface area contributed by atoms with Crippen molar-refractivity contribution in [1.82, 2.24) is 0 Å². The van der Waals surface area contributed by atoms with E-state index in [-0.39, 0.29) is 0 Å². The smallest absolute Gasteiger partial charge is 0.0462 e. The van der Waals surface area contributed by atoms with Crippen molar-refractivity contribution in [2.45, 2.75) is 12.8 Å². The van der Waals surface area contributed by atoms with Gasteiger partial charge >= 0.3 is 0 Å². The second-order valence-corrected chi connectivity index (χ2v) is 18.5. The molecule has 1 aliphatic carbocycles. The molecule has 1 aliphatic rings. The Bertz CT molecular complexity index is 3730. The highest BCUT2D eigenvalue weighted by Crippen LogP contribution is 2.40. The van der Waals surface area contributed by atoms with E-state index in [2.05, 4.69) is 301 Å². The molecule has 0 heterocycles. The molecule has 0 aromatic heterocycles. The quantitative estimate of drug-likeness (QED) is 0.113. The summed E-state index contributed by atoms with van der Waals surface area (Å²) in [5.41, 5.74) is 19.2. The van der Waals surface area contributed by atoms with E-state index in [1.165, 1.54) is 88.6 Å². The van der Waals surface area contributed by atoms with E-state index in [9.17, 15) is 0 Å². The number of para-hydroxylation sites is 2. The van der Waals surface area contributed by atoms with Crippen molar-refractivity contribution in [3.05, 3.63) is 301 Å². The maximum Gasteiger partial charge on any atom is 0.0462 e. The predicted molar refractivity (Wildman–Crippen MR) is 308 cm³/mol. The molecule has 0 saturated carbocycles. The predicted octanol–water partition coefficient (Wildman–Crippen LogP) is 19.5. The molecule has 0 bridgehead atoms. The van der Waals surface area contributed by atoms with Crippen molar-refractivity contribution >= 4 is 67.7 Å². The zero-order valence-electron chi connectivity index (χ0n) is 40.0. The number of rotatable bonds is 12. The first-order valence-electron chi connectivity index (χ1n) is 24.9. The molecule has 0 amide bonds. The molecule has 2 heteroatoms. The van der Waals surface area contributed by atoms with Crippen LogP contribution in [-0.2, 0) is 0 Å². The van der Waals surface area contributed by atoms with E-state index in [0.29, 0.717) is 0 Å². The fourth-order valence-corrected chi connectivity index (χ4v) is 10.3. The third kappa shape index (κ3) is 9.18. The molecule has 0 N–H and O–H groups in total. The van der Waals surface area contributed by atoms with Crippen molar-refractivity contribution in [3.63, 3.8) is 0 Å². The van der Waals surface area contributed by atoms with Crippen LogP contribution in [0, 0.1) is 0 Å². The van der Waals surface area contributed by atoms with E-state index >= 15 is 0 Å². The normalized spacial score (nSPS) is 12.4. The van der Waals surface area contributed by atoms with Gasteiger partial charge in [0.1, 0.15) is 0 Å². The van der Waals surface area contributed by atoms with Gasteiger partial charge in [-0.05, 0) is 157 Å². The number of anilines is 5. The van der Waals surface area contributed by atoms with Gasteiger partial charge in [0.15, 0.2) is 0 Å². The van der Waals surface area contributed by atoms with Crippen LogP contribution in [0.15, 0.2) is 285 Å². The maximum absolute atomic E-state index is 2.41. The molecule has 0 aliphatic heterocycles. The van der Waals surface area contributed by atoms with E-state index in [4.69, 9.17) is 0 Å². The highest BCUT2D eigenvalue weighted by molar-refractivity contribution is 5.98. The van der Waals surface area contributed by atoms with Crippen LogP contribution in [0.3, 0.4) is 0 Å². The third-order valence-corrected chi connectivity index (χ3v) is 14.0. The second kappa shape index (κ2) is 20.0. The summed E-state index contributed by atoms with van der Waals surface area (Å²) >= 11 is 0. The van der Waals surface area contributed by atoms with Crippen molar-refractivity contribution in [3.8, 4) is 33.4 Å². The molecule has 0 fully saturated rings. The van der Waals surface area contributed by atoms with Gasteiger partial charge in [-0.2, -0.15) is 0 Å². The van der Waals surface area contributed by atoms with Crippen LogP contribution in [0.2, 0.25) is 0 Å². The Hall–Kier alpha value is -9.24. The van der Waals surface area contributed by atoms with Gasteiger partial charge in [0, 0.05) is 34.1 Å². The highest BCUT2D eigenvalue weighted by atomic mass is 15.2. The number of hydrogen-bond donors (Lipinski definition) is 0. The van der Waals surface area contributed by atoms with Crippen LogP contribution in [0.5, 0.6) is 0 Å². The molecule has 342 valence electrons. The van der Waals surface area contributed by atoms with Crippen molar-refractivity contribution in [2.75, 3.05) is 9.80 Å². The van der Waals surface area contributed by atoms with Gasteiger partial charge < -0.3 is 9.80 Å². The highest BCUT2D eigenvalue weighted by Gasteiger charge is 2.19. The van der Waals surface area contributed by atoms with Gasteiger partial charge in [-0.3, -0.25) is 0 Å². The second-order valence-electron chi connectivity index (χ2n) is 18.5. The summed E-state index contributed by atoms with van der Waals surface area (Å²) in [7, 11) is 0.